The Balaban J connectivity index is 2.92. The van der Waals surface area contributed by atoms with Crippen LogP contribution in [0.5, 0.6) is 0 Å². The lowest BCUT2D eigenvalue weighted by molar-refractivity contribution is 0.535. The summed E-state index contributed by atoms with van der Waals surface area (Å²) in [4.78, 5) is 0. The van der Waals surface area contributed by atoms with Crippen LogP contribution in [0.2, 0.25) is 0 Å². The first-order valence-corrected chi connectivity index (χ1v) is 4.54. The molecule has 0 aromatic rings. The second kappa shape index (κ2) is 5.82. The molecular formula is C6H14IN. The van der Waals surface area contributed by atoms with Gasteiger partial charge in [-0.15, -0.1) is 0 Å². The van der Waals surface area contributed by atoms with Gasteiger partial charge in [-0.05, 0) is 30.4 Å². The second-order valence-corrected chi connectivity index (χ2v) is 3.22. The second-order valence-electron chi connectivity index (χ2n) is 2.14. The molecule has 0 unspecified atom stereocenters. The largest absolute Gasteiger partial charge is 0.319 e. The molecule has 0 radical (unpaired) electrons. The highest BCUT2D eigenvalue weighted by molar-refractivity contribution is 14.1. The van der Waals surface area contributed by atoms with Gasteiger partial charge >= 0.3 is 0 Å². The van der Waals surface area contributed by atoms with E-state index in [1.807, 2.05) is 7.05 Å². The summed E-state index contributed by atoms with van der Waals surface area (Å²) in [7, 11) is 2.00. The minimum atomic E-state index is 0.844. The monoisotopic (exact) mass is 227 g/mol. The topological polar surface area (TPSA) is 12.0 Å². The lowest BCUT2D eigenvalue weighted by Crippen LogP contribution is -2.16. The molecule has 0 fully saturated rings. The molecule has 0 amide bonds. The summed E-state index contributed by atoms with van der Waals surface area (Å²) in [6.07, 6.45) is 1.33. The van der Waals surface area contributed by atoms with Crippen LogP contribution in [0.1, 0.15) is 13.3 Å². The van der Waals surface area contributed by atoms with Crippen LogP contribution in [0.15, 0.2) is 0 Å². The number of hydrogen-bond donors (Lipinski definition) is 1. The van der Waals surface area contributed by atoms with Gasteiger partial charge in [0.05, 0.1) is 0 Å². The maximum atomic E-state index is 3.15. The predicted octanol–water partition coefficient (Wildman–Crippen LogP) is 1.67. The van der Waals surface area contributed by atoms with Crippen molar-refractivity contribution in [2.75, 3.05) is 18.0 Å². The molecule has 0 aromatic heterocycles. The minimum Gasteiger partial charge on any atom is -0.319 e. The van der Waals surface area contributed by atoms with Gasteiger partial charge in [0.25, 0.3) is 0 Å². The van der Waals surface area contributed by atoms with E-state index in [0.717, 1.165) is 12.5 Å². The van der Waals surface area contributed by atoms with Crippen LogP contribution in [0.25, 0.3) is 0 Å². The van der Waals surface area contributed by atoms with Crippen LogP contribution in [0.3, 0.4) is 0 Å². The minimum absolute atomic E-state index is 0.844. The molecular weight excluding hydrogens is 213 g/mol. The molecule has 0 heterocycles. The van der Waals surface area contributed by atoms with Crippen molar-refractivity contribution in [2.24, 2.45) is 5.92 Å². The average Bonchev–Trinajstić information content (AvgIpc) is 1.68. The molecule has 0 bridgehead atoms. The molecule has 0 aliphatic heterocycles. The molecule has 8 heavy (non-hydrogen) atoms. The summed E-state index contributed by atoms with van der Waals surface area (Å²) in [5, 5.41) is 3.15. The first-order chi connectivity index (χ1) is 3.81. The van der Waals surface area contributed by atoms with E-state index in [0.29, 0.717) is 0 Å². The van der Waals surface area contributed by atoms with Crippen molar-refractivity contribution in [1.29, 1.82) is 0 Å². The molecule has 0 aliphatic carbocycles. The van der Waals surface area contributed by atoms with Crippen LogP contribution in [0, 0.1) is 5.92 Å². The van der Waals surface area contributed by atoms with Crippen molar-refractivity contribution in [2.45, 2.75) is 13.3 Å². The van der Waals surface area contributed by atoms with Crippen LogP contribution in [0.4, 0.5) is 0 Å². The molecule has 50 valence electrons. The lowest BCUT2D eigenvalue weighted by atomic mass is 10.1. The van der Waals surface area contributed by atoms with Gasteiger partial charge in [-0.25, -0.2) is 0 Å². The van der Waals surface area contributed by atoms with Crippen LogP contribution < -0.4 is 5.32 Å². The maximum absolute atomic E-state index is 3.15. The van der Waals surface area contributed by atoms with Crippen molar-refractivity contribution < 1.29 is 0 Å². The molecule has 2 heteroatoms. The number of halogens is 1. The third-order valence-electron chi connectivity index (χ3n) is 1.15. The fraction of sp³-hybridized carbons (Fsp3) is 1.00. The molecule has 0 saturated heterocycles. The Labute approximate surface area is 65.4 Å². The highest BCUT2D eigenvalue weighted by Gasteiger charge is 1.96. The quantitative estimate of drug-likeness (QED) is 0.569. The Hall–Kier alpha value is 0.690. The van der Waals surface area contributed by atoms with Gasteiger partial charge in [-0.1, -0.05) is 29.5 Å². The van der Waals surface area contributed by atoms with Crippen molar-refractivity contribution >= 4 is 22.6 Å². The van der Waals surface area contributed by atoms with E-state index in [-0.39, 0.29) is 0 Å². The lowest BCUT2D eigenvalue weighted by Gasteiger charge is -2.06. The Morgan fingerprint density at radius 1 is 1.62 bits per heavy atom. The third kappa shape index (κ3) is 4.84. The Morgan fingerprint density at radius 2 is 2.25 bits per heavy atom. The molecule has 1 N–H and O–H groups in total. The van der Waals surface area contributed by atoms with E-state index in [2.05, 4.69) is 34.8 Å². The first kappa shape index (κ1) is 8.69. The predicted molar refractivity (Wildman–Crippen MR) is 46.6 cm³/mol. The first-order valence-electron chi connectivity index (χ1n) is 3.01. The Morgan fingerprint density at radius 3 is 2.62 bits per heavy atom. The third-order valence-corrected chi connectivity index (χ3v) is 1.78. The van der Waals surface area contributed by atoms with Crippen LogP contribution >= 0.6 is 22.6 Å². The molecule has 0 aliphatic rings. The van der Waals surface area contributed by atoms with Gasteiger partial charge in [-0.2, -0.15) is 0 Å². The number of rotatable bonds is 4. The van der Waals surface area contributed by atoms with E-state index >= 15 is 0 Å². The summed E-state index contributed by atoms with van der Waals surface area (Å²) in [6, 6.07) is 0. The van der Waals surface area contributed by atoms with E-state index in [9.17, 15) is 0 Å². The fourth-order valence-electron chi connectivity index (χ4n) is 0.637. The number of hydrogen-bond acceptors (Lipinski definition) is 1. The maximum Gasteiger partial charge on any atom is -0.000172 e. The van der Waals surface area contributed by atoms with E-state index in [1.165, 1.54) is 10.8 Å². The van der Waals surface area contributed by atoms with Crippen molar-refractivity contribution in [3.8, 4) is 0 Å². The zero-order valence-corrected chi connectivity index (χ0v) is 7.73. The summed E-state index contributed by atoms with van der Waals surface area (Å²) in [5.74, 6) is 0.844. The van der Waals surface area contributed by atoms with Crippen LogP contribution in [-0.4, -0.2) is 18.0 Å². The van der Waals surface area contributed by atoms with Gasteiger partial charge in [-0.3, -0.25) is 0 Å². The summed E-state index contributed by atoms with van der Waals surface area (Å²) in [5.41, 5.74) is 0. The van der Waals surface area contributed by atoms with Gasteiger partial charge in [0.15, 0.2) is 0 Å². The standard InChI is InChI=1S/C6H14IN/c1-6(3-4-7)5-8-2/h6,8H,3-5H2,1-2H3/t6-/m0/s1. The zero-order valence-electron chi connectivity index (χ0n) is 5.58. The van der Waals surface area contributed by atoms with Gasteiger partial charge in [0, 0.05) is 0 Å². The van der Waals surface area contributed by atoms with Crippen molar-refractivity contribution in [3.63, 3.8) is 0 Å². The molecule has 0 saturated carbocycles. The molecule has 0 spiro atoms. The Kier molecular flexibility index (Phi) is 6.32. The van der Waals surface area contributed by atoms with Gasteiger partial charge in [0.1, 0.15) is 0 Å². The van der Waals surface area contributed by atoms with Crippen molar-refractivity contribution in [1.82, 2.24) is 5.32 Å². The van der Waals surface area contributed by atoms with Crippen molar-refractivity contribution in [3.05, 3.63) is 0 Å². The van der Waals surface area contributed by atoms with E-state index in [4.69, 9.17) is 0 Å². The molecule has 0 rings (SSSR count). The molecule has 0 aromatic carbocycles. The van der Waals surface area contributed by atoms with E-state index < -0.39 is 0 Å². The van der Waals surface area contributed by atoms with Crippen LogP contribution in [-0.2, 0) is 0 Å². The fourth-order valence-corrected chi connectivity index (χ4v) is 1.70. The normalized spacial score (nSPS) is 13.9. The zero-order chi connectivity index (χ0) is 6.41. The number of nitrogens with one attached hydrogen (secondary N) is 1. The summed E-state index contributed by atoms with van der Waals surface area (Å²) in [6.45, 7) is 3.43. The highest BCUT2D eigenvalue weighted by Crippen LogP contribution is 2.01. The number of alkyl halides is 1. The molecule has 1 atom stereocenters. The SMILES string of the molecule is CNC[C@@H](C)CCI. The molecule has 1 nitrogen and oxygen atoms in total. The highest BCUT2D eigenvalue weighted by atomic mass is 127. The summed E-state index contributed by atoms with van der Waals surface area (Å²) >= 11 is 2.41. The average molecular weight is 227 g/mol. The summed E-state index contributed by atoms with van der Waals surface area (Å²) < 4.78 is 1.28. The Bertz CT molecular complexity index is 41.8. The smallest absolute Gasteiger partial charge is 0.000172 e. The van der Waals surface area contributed by atoms with E-state index in [1.54, 1.807) is 0 Å². The van der Waals surface area contributed by atoms with Gasteiger partial charge < -0.3 is 5.32 Å². The van der Waals surface area contributed by atoms with Gasteiger partial charge in [0.2, 0.25) is 0 Å².